The molecule has 6 nitrogen and oxygen atoms in total. The maximum atomic E-state index is 11.1. The molecule has 0 saturated carbocycles. The summed E-state index contributed by atoms with van der Waals surface area (Å²) in [6.07, 6.45) is 0. The zero-order chi connectivity index (χ0) is 14.7. The first-order chi connectivity index (χ1) is 9.49. The molecule has 1 heterocycles. The Labute approximate surface area is 118 Å². The number of aromatic carboxylic acids is 1. The molecule has 1 aromatic carbocycles. The minimum atomic E-state index is -1.31. The van der Waals surface area contributed by atoms with E-state index in [1.54, 1.807) is 11.3 Å². The molecular formula is C13H12N2O4S. The van der Waals surface area contributed by atoms with Crippen LogP contribution in [0.25, 0.3) is 0 Å². The first kappa shape index (κ1) is 14.0. The fourth-order valence-electron chi connectivity index (χ4n) is 1.82. The topological polar surface area (TPSA) is 92.5 Å². The zero-order valence-electron chi connectivity index (χ0n) is 10.6. The number of nitrogens with zero attached hydrogens (tertiary/aromatic N) is 1. The second-order valence-corrected chi connectivity index (χ2v) is 5.50. The van der Waals surface area contributed by atoms with E-state index in [-0.39, 0.29) is 11.3 Å². The zero-order valence-corrected chi connectivity index (χ0v) is 11.4. The lowest BCUT2D eigenvalue weighted by molar-refractivity contribution is -0.384. The van der Waals surface area contributed by atoms with Gasteiger partial charge in [0, 0.05) is 16.3 Å². The van der Waals surface area contributed by atoms with Crippen LogP contribution >= 0.6 is 11.3 Å². The number of carbonyl (C=O) groups is 1. The number of nitrogens with one attached hydrogen (secondary N) is 1. The van der Waals surface area contributed by atoms with Gasteiger partial charge < -0.3 is 10.4 Å². The van der Waals surface area contributed by atoms with Gasteiger partial charge in [0.05, 0.1) is 4.92 Å². The number of thiophene rings is 1. The van der Waals surface area contributed by atoms with Crippen LogP contribution in [0, 0.1) is 17.0 Å². The third kappa shape index (κ3) is 2.94. The van der Waals surface area contributed by atoms with Gasteiger partial charge in [0.15, 0.2) is 0 Å². The summed E-state index contributed by atoms with van der Waals surface area (Å²) in [5.74, 6) is -1.31. The molecule has 0 aliphatic rings. The highest BCUT2D eigenvalue weighted by atomic mass is 32.1. The maximum Gasteiger partial charge on any atom is 0.342 e. The van der Waals surface area contributed by atoms with Gasteiger partial charge in [-0.3, -0.25) is 10.1 Å². The van der Waals surface area contributed by atoms with Gasteiger partial charge in [0.1, 0.15) is 11.3 Å². The van der Waals surface area contributed by atoms with E-state index in [4.69, 9.17) is 5.11 Å². The molecule has 0 saturated heterocycles. The Kier molecular flexibility index (Phi) is 3.99. The van der Waals surface area contributed by atoms with Crippen molar-refractivity contribution in [3.05, 3.63) is 55.8 Å². The van der Waals surface area contributed by atoms with E-state index >= 15 is 0 Å². The van der Waals surface area contributed by atoms with Crippen molar-refractivity contribution in [2.24, 2.45) is 0 Å². The predicted molar refractivity (Wildman–Crippen MR) is 76.4 cm³/mol. The van der Waals surface area contributed by atoms with Gasteiger partial charge in [-0.1, -0.05) is 6.07 Å². The number of para-hydroxylation sites is 1. The molecule has 104 valence electrons. The van der Waals surface area contributed by atoms with Gasteiger partial charge in [-0.25, -0.2) is 4.79 Å². The van der Waals surface area contributed by atoms with Crippen LogP contribution < -0.4 is 5.32 Å². The lowest BCUT2D eigenvalue weighted by atomic mass is 10.1. The Morgan fingerprint density at radius 2 is 2.15 bits per heavy atom. The predicted octanol–water partition coefficient (Wildman–Crippen LogP) is 3.28. The molecule has 2 N–H and O–H groups in total. The van der Waals surface area contributed by atoms with E-state index in [2.05, 4.69) is 5.32 Å². The number of hydrogen-bond acceptors (Lipinski definition) is 5. The van der Waals surface area contributed by atoms with Gasteiger partial charge in [-0.15, -0.1) is 11.3 Å². The number of nitro benzene ring substituents is 1. The van der Waals surface area contributed by atoms with Gasteiger partial charge in [0.25, 0.3) is 0 Å². The van der Waals surface area contributed by atoms with Crippen molar-refractivity contribution in [3.63, 3.8) is 0 Å². The Balaban J connectivity index is 2.29. The maximum absolute atomic E-state index is 11.1. The minimum absolute atomic E-state index is 0.209. The van der Waals surface area contributed by atoms with E-state index in [1.807, 2.05) is 19.1 Å². The van der Waals surface area contributed by atoms with Crippen LogP contribution in [-0.2, 0) is 6.54 Å². The molecule has 0 amide bonds. The SMILES string of the molecule is Cc1ccc(CNc2cccc(C(=O)O)c2[N+](=O)[O-])s1. The van der Waals surface area contributed by atoms with Crippen molar-refractivity contribution in [2.75, 3.05) is 5.32 Å². The number of carboxylic acids is 1. The molecule has 0 unspecified atom stereocenters. The summed E-state index contributed by atoms with van der Waals surface area (Å²) in [7, 11) is 0. The number of carboxylic acid groups (broad SMARTS) is 1. The number of aryl methyl sites for hydroxylation is 1. The fourth-order valence-corrected chi connectivity index (χ4v) is 2.65. The molecule has 2 aromatic rings. The summed E-state index contributed by atoms with van der Waals surface area (Å²) < 4.78 is 0. The van der Waals surface area contributed by atoms with Crippen molar-refractivity contribution >= 4 is 28.7 Å². The molecule has 0 fully saturated rings. The molecule has 20 heavy (non-hydrogen) atoms. The standard InChI is InChI=1S/C13H12N2O4S/c1-8-5-6-9(20-8)7-14-11-4-2-3-10(13(16)17)12(11)15(18)19/h2-6,14H,7H2,1H3,(H,16,17). The first-order valence-corrected chi connectivity index (χ1v) is 6.60. The molecule has 7 heteroatoms. The van der Waals surface area contributed by atoms with Gasteiger partial charge in [0.2, 0.25) is 0 Å². The third-order valence-electron chi connectivity index (χ3n) is 2.70. The van der Waals surface area contributed by atoms with Crippen LogP contribution in [0.15, 0.2) is 30.3 Å². The number of benzene rings is 1. The average molecular weight is 292 g/mol. The van der Waals surface area contributed by atoms with Crippen molar-refractivity contribution < 1.29 is 14.8 Å². The first-order valence-electron chi connectivity index (χ1n) is 5.79. The van der Waals surface area contributed by atoms with Crippen LogP contribution in [0.1, 0.15) is 20.1 Å². The van der Waals surface area contributed by atoms with E-state index in [0.717, 1.165) is 9.75 Å². The van der Waals surface area contributed by atoms with Crippen molar-refractivity contribution in [2.45, 2.75) is 13.5 Å². The molecule has 0 aliphatic heterocycles. The largest absolute Gasteiger partial charge is 0.477 e. The number of anilines is 1. The molecule has 0 spiro atoms. The lowest BCUT2D eigenvalue weighted by Gasteiger charge is -2.07. The Bertz CT molecular complexity index is 666. The third-order valence-corrected chi connectivity index (χ3v) is 3.70. The van der Waals surface area contributed by atoms with Crippen molar-refractivity contribution in [1.29, 1.82) is 0 Å². The Morgan fingerprint density at radius 3 is 2.70 bits per heavy atom. The summed E-state index contributed by atoms with van der Waals surface area (Å²) in [6, 6.07) is 8.11. The van der Waals surface area contributed by atoms with Crippen LogP contribution in [0.5, 0.6) is 0 Å². The summed E-state index contributed by atoms with van der Waals surface area (Å²) in [5, 5.41) is 23.0. The molecule has 1 aromatic heterocycles. The van der Waals surface area contributed by atoms with Crippen LogP contribution in [-0.4, -0.2) is 16.0 Å². The van der Waals surface area contributed by atoms with Gasteiger partial charge in [-0.2, -0.15) is 0 Å². The minimum Gasteiger partial charge on any atom is -0.477 e. The van der Waals surface area contributed by atoms with Crippen LogP contribution in [0.3, 0.4) is 0 Å². The van der Waals surface area contributed by atoms with E-state index < -0.39 is 16.6 Å². The highest BCUT2D eigenvalue weighted by Crippen LogP contribution is 2.29. The highest BCUT2D eigenvalue weighted by Gasteiger charge is 2.23. The second kappa shape index (κ2) is 5.70. The fraction of sp³-hybridized carbons (Fsp3) is 0.154. The quantitative estimate of drug-likeness (QED) is 0.651. The van der Waals surface area contributed by atoms with E-state index in [1.165, 1.54) is 18.2 Å². The average Bonchev–Trinajstić information content (AvgIpc) is 2.81. The highest BCUT2D eigenvalue weighted by molar-refractivity contribution is 7.11. The Morgan fingerprint density at radius 1 is 1.40 bits per heavy atom. The van der Waals surface area contributed by atoms with E-state index in [0.29, 0.717) is 6.54 Å². The summed E-state index contributed by atoms with van der Waals surface area (Å²) in [6.45, 7) is 2.39. The second-order valence-electron chi connectivity index (χ2n) is 4.13. The molecule has 0 bridgehead atoms. The summed E-state index contributed by atoms with van der Waals surface area (Å²) >= 11 is 1.58. The van der Waals surface area contributed by atoms with Crippen LogP contribution in [0.2, 0.25) is 0 Å². The number of rotatable bonds is 5. The van der Waals surface area contributed by atoms with Crippen LogP contribution in [0.4, 0.5) is 11.4 Å². The van der Waals surface area contributed by atoms with Crippen molar-refractivity contribution in [1.82, 2.24) is 0 Å². The van der Waals surface area contributed by atoms with Gasteiger partial charge in [-0.05, 0) is 31.2 Å². The molecular weight excluding hydrogens is 280 g/mol. The molecule has 0 radical (unpaired) electrons. The Hall–Kier alpha value is -2.41. The van der Waals surface area contributed by atoms with Gasteiger partial charge >= 0.3 is 11.7 Å². The normalized spacial score (nSPS) is 10.2. The monoisotopic (exact) mass is 292 g/mol. The molecule has 0 atom stereocenters. The summed E-state index contributed by atoms with van der Waals surface area (Å²) in [4.78, 5) is 23.6. The van der Waals surface area contributed by atoms with E-state index in [9.17, 15) is 14.9 Å². The lowest BCUT2D eigenvalue weighted by Crippen LogP contribution is -2.07. The molecule has 2 rings (SSSR count). The number of nitro groups is 1. The van der Waals surface area contributed by atoms with Crippen molar-refractivity contribution in [3.8, 4) is 0 Å². The summed E-state index contributed by atoms with van der Waals surface area (Å²) in [5.41, 5.74) is -0.517. The smallest absolute Gasteiger partial charge is 0.342 e. The number of hydrogen-bond donors (Lipinski definition) is 2. The molecule has 0 aliphatic carbocycles.